The number of carbonyl (C=O) groups is 1. The zero-order valence-corrected chi connectivity index (χ0v) is 44.6. The minimum Gasteiger partial charge on any atom is -0.497 e. The van der Waals surface area contributed by atoms with Gasteiger partial charge >= 0.3 is 5.97 Å². The van der Waals surface area contributed by atoms with Crippen LogP contribution in [0.4, 0.5) is 0 Å². The van der Waals surface area contributed by atoms with E-state index >= 15 is 0 Å². The van der Waals surface area contributed by atoms with Crippen LogP contribution in [0.25, 0.3) is 11.1 Å². The van der Waals surface area contributed by atoms with Crippen LogP contribution >= 0.6 is 0 Å². The maximum absolute atomic E-state index is 13.9. The number of rotatable bonds is 18. The van der Waals surface area contributed by atoms with Gasteiger partial charge in [-0.3, -0.25) is 24.3 Å². The Morgan fingerprint density at radius 3 is 1.38 bits per heavy atom. The van der Waals surface area contributed by atoms with Crippen LogP contribution in [0.1, 0.15) is 90.0 Å². The zero-order chi connectivity index (χ0) is 53.7. The van der Waals surface area contributed by atoms with Gasteiger partial charge < -0.3 is 9.47 Å². The lowest BCUT2D eigenvalue weighted by atomic mass is 9.42. The minimum atomic E-state index is -3.95. The maximum Gasteiger partial charge on any atom is 0.308 e. The van der Waals surface area contributed by atoms with Crippen molar-refractivity contribution < 1.29 is 42.2 Å². The molecule has 0 saturated heterocycles. The van der Waals surface area contributed by atoms with Gasteiger partial charge in [0.2, 0.25) is 9.84 Å². The van der Waals surface area contributed by atoms with Crippen molar-refractivity contribution in [3.05, 3.63) is 252 Å². The Morgan fingerprint density at radius 1 is 0.526 bits per heavy atom. The van der Waals surface area contributed by atoms with Crippen LogP contribution in [-0.2, 0) is 43.7 Å². The lowest BCUT2D eigenvalue weighted by Crippen LogP contribution is -2.55. The Labute approximate surface area is 456 Å². The third-order valence-corrected chi connectivity index (χ3v) is 18.6. The SMILES string of the molecule is C=CCc1cc(S(=O)(=O)c2ccc(OC(C)=O)c(CC=C)c2)ccc1OOc1ccc(C23CC4CC(CC(c5ccc(OOc6ccc(C7(c8ccc(OC)cc8)c8ccccc8-c8ccccc87)cc6)cc5)(C4)C2)C3)cc1. The van der Waals surface area contributed by atoms with Crippen LogP contribution in [-0.4, -0.2) is 21.5 Å². The number of hydrogen-bond donors (Lipinski definition) is 0. The molecule has 0 radical (unpaired) electrons. The summed E-state index contributed by atoms with van der Waals surface area (Å²) in [5, 5.41) is 0. The molecular weight excluding hydrogens is 993 g/mol. The standard InChI is InChI=1S/C68H60O9S/c1-5-11-48-38-58(33-35-64(48)73-45(3)69)78(70,71)59-34-36-65(49(39-59)12-6-2)77-76-57-29-19-51(20-30-57)67-42-46-37-47(43-67)41-66(40-46,44-67)50-17-27-55(28-18-50)74-75-56-31-23-53(24-32-56)68(52-21-25-54(72-4)26-22-52)62-15-9-7-13-60(62)61-14-8-10-16-63(61)68/h5-10,13-36,38-39,46-47H,1-2,11-12,37,40-44H2,3-4H3. The van der Waals surface area contributed by atoms with E-state index in [4.69, 9.17) is 29.0 Å². The molecule has 0 N–H and O–H groups in total. The van der Waals surface area contributed by atoms with Gasteiger partial charge in [-0.1, -0.05) is 109 Å². The fraction of sp³-hybridized carbons (Fsp3) is 0.221. The van der Waals surface area contributed by atoms with E-state index in [1.807, 2.05) is 48.5 Å². The molecule has 0 aliphatic heterocycles. The van der Waals surface area contributed by atoms with Crippen molar-refractivity contribution in [2.45, 2.75) is 84.3 Å². The summed E-state index contributed by atoms with van der Waals surface area (Å²) in [5.41, 5.74) is 10.6. The first kappa shape index (κ1) is 50.5. The normalized spacial score (nSPS) is 20.2. The van der Waals surface area contributed by atoms with Crippen LogP contribution in [0.3, 0.4) is 0 Å². The second-order valence-corrected chi connectivity index (χ2v) is 23.6. The Morgan fingerprint density at radius 2 is 0.936 bits per heavy atom. The van der Waals surface area contributed by atoms with Crippen LogP contribution in [0.5, 0.6) is 34.5 Å². The molecule has 2 unspecified atom stereocenters. The summed E-state index contributed by atoms with van der Waals surface area (Å²) in [6.45, 7) is 8.95. The van der Waals surface area contributed by atoms with Gasteiger partial charge in [-0.15, -0.1) is 13.2 Å². The molecule has 4 bridgehead atoms. The second kappa shape index (κ2) is 20.2. The molecule has 0 amide bonds. The van der Waals surface area contributed by atoms with Crippen molar-refractivity contribution >= 4 is 15.8 Å². The Kier molecular flexibility index (Phi) is 13.1. The molecule has 0 aromatic heterocycles. The van der Waals surface area contributed by atoms with Crippen molar-refractivity contribution in [1.29, 1.82) is 0 Å². The molecule has 0 heterocycles. The number of sulfone groups is 1. The number of fused-ring (bicyclic) bond motifs is 3. The summed E-state index contributed by atoms with van der Waals surface area (Å²) in [4.78, 5) is 35.7. The summed E-state index contributed by atoms with van der Waals surface area (Å²) in [6.07, 6.45) is 11.0. The minimum absolute atomic E-state index is 0.0498. The molecule has 5 aliphatic rings. The van der Waals surface area contributed by atoms with E-state index in [9.17, 15) is 13.2 Å². The molecular formula is C68H60O9S. The average molecular weight is 1050 g/mol. The topological polar surface area (TPSA) is 107 Å². The highest BCUT2D eigenvalue weighted by molar-refractivity contribution is 7.91. The summed E-state index contributed by atoms with van der Waals surface area (Å²) >= 11 is 0. The molecule has 0 spiro atoms. The lowest BCUT2D eigenvalue weighted by molar-refractivity contribution is -0.131. The third kappa shape index (κ3) is 8.91. The molecule has 5 aliphatic carbocycles. The second-order valence-electron chi connectivity index (χ2n) is 21.6. The van der Waals surface area contributed by atoms with Crippen molar-refractivity contribution in [3.63, 3.8) is 0 Å². The first-order chi connectivity index (χ1) is 37.9. The molecule has 10 heteroatoms. The monoisotopic (exact) mass is 1050 g/mol. The quantitative estimate of drug-likeness (QED) is 0.0273. The molecule has 13 rings (SSSR count). The Bertz CT molecular complexity index is 3640. The van der Waals surface area contributed by atoms with Gasteiger partial charge in [-0.2, -0.15) is 0 Å². The largest absolute Gasteiger partial charge is 0.497 e. The molecule has 8 aromatic rings. The summed E-state index contributed by atoms with van der Waals surface area (Å²) in [5.74, 6) is 4.09. The number of hydrogen-bond acceptors (Lipinski definition) is 9. The van der Waals surface area contributed by atoms with Gasteiger partial charge in [0.05, 0.1) is 22.3 Å². The van der Waals surface area contributed by atoms with Gasteiger partial charge in [-0.05, 0) is 209 Å². The van der Waals surface area contributed by atoms with E-state index in [0.717, 1.165) is 23.3 Å². The van der Waals surface area contributed by atoms with E-state index in [1.165, 1.54) is 96.7 Å². The molecule has 4 saturated carbocycles. The molecule has 2 atom stereocenters. The zero-order valence-electron chi connectivity index (χ0n) is 43.8. The van der Waals surface area contributed by atoms with Gasteiger partial charge in [0.25, 0.3) is 0 Å². The first-order valence-electron chi connectivity index (χ1n) is 26.7. The van der Waals surface area contributed by atoms with E-state index in [1.54, 1.807) is 31.4 Å². The molecule has 78 heavy (non-hydrogen) atoms. The van der Waals surface area contributed by atoms with Crippen LogP contribution in [0.2, 0.25) is 0 Å². The smallest absolute Gasteiger partial charge is 0.308 e. The summed E-state index contributed by atoms with van der Waals surface area (Å²) in [7, 11) is -2.26. The van der Waals surface area contributed by atoms with Crippen LogP contribution < -0.4 is 29.0 Å². The molecule has 9 nitrogen and oxygen atoms in total. The molecule has 4 fully saturated rings. The number of methoxy groups -OCH3 is 1. The molecule has 8 aromatic carbocycles. The number of ether oxygens (including phenoxy) is 2. The van der Waals surface area contributed by atoms with Crippen molar-refractivity contribution in [2.75, 3.05) is 7.11 Å². The highest BCUT2D eigenvalue weighted by atomic mass is 32.2. The predicted molar refractivity (Wildman–Crippen MR) is 301 cm³/mol. The Balaban J connectivity index is 0.721. The summed E-state index contributed by atoms with van der Waals surface area (Å²) < 4.78 is 38.7. The maximum atomic E-state index is 13.9. The van der Waals surface area contributed by atoms with Crippen molar-refractivity contribution in [2.24, 2.45) is 11.8 Å². The lowest BCUT2D eigenvalue weighted by Gasteiger charge is -2.62. The van der Waals surface area contributed by atoms with Gasteiger partial charge in [0.1, 0.15) is 11.5 Å². The van der Waals surface area contributed by atoms with Crippen LogP contribution in [0.15, 0.2) is 217 Å². The first-order valence-corrected chi connectivity index (χ1v) is 28.2. The fourth-order valence-electron chi connectivity index (χ4n) is 14.0. The average Bonchev–Trinajstić information content (AvgIpc) is 3.97. The van der Waals surface area contributed by atoms with Gasteiger partial charge in [-0.25, -0.2) is 8.42 Å². The fourth-order valence-corrected chi connectivity index (χ4v) is 15.4. The highest BCUT2D eigenvalue weighted by Gasteiger charge is 2.58. The van der Waals surface area contributed by atoms with E-state index < -0.39 is 21.2 Å². The number of benzene rings is 8. The third-order valence-electron chi connectivity index (χ3n) is 16.9. The number of carbonyl (C=O) groups excluding carboxylic acids is 1. The number of allylic oxidation sites excluding steroid dienone is 2. The Hall–Kier alpha value is -8.34. The van der Waals surface area contributed by atoms with Gasteiger partial charge in [0.15, 0.2) is 23.0 Å². The number of esters is 1. The summed E-state index contributed by atoms with van der Waals surface area (Å²) in [6, 6.07) is 60.2. The van der Waals surface area contributed by atoms with Gasteiger partial charge in [0, 0.05) is 12.5 Å². The molecule has 392 valence electrons. The van der Waals surface area contributed by atoms with Crippen LogP contribution in [0, 0.1) is 11.8 Å². The van der Waals surface area contributed by atoms with Crippen molar-refractivity contribution in [3.8, 4) is 45.6 Å². The van der Waals surface area contributed by atoms with E-state index in [2.05, 4.69) is 110 Å². The van der Waals surface area contributed by atoms with E-state index in [0.29, 0.717) is 64.6 Å². The highest BCUT2D eigenvalue weighted by Crippen LogP contribution is 2.66. The van der Waals surface area contributed by atoms with Crippen molar-refractivity contribution in [1.82, 2.24) is 0 Å². The van der Waals surface area contributed by atoms with E-state index in [-0.39, 0.29) is 20.6 Å². The predicted octanol–water partition coefficient (Wildman–Crippen LogP) is 14.8.